The number of rotatable bonds is 14. The Hall–Kier alpha value is -1.81. The smallest absolute Gasteiger partial charge is 0.407 e. The average molecular weight is 979 g/mol. The van der Waals surface area contributed by atoms with Crippen molar-refractivity contribution in [2.24, 2.45) is 11.8 Å². The van der Waals surface area contributed by atoms with Gasteiger partial charge in [0.15, 0.2) is 5.79 Å². The van der Waals surface area contributed by atoms with Gasteiger partial charge in [-0.3, -0.25) is 0 Å². The summed E-state index contributed by atoms with van der Waals surface area (Å²) in [5.74, 6) is -0.884. The van der Waals surface area contributed by atoms with Crippen molar-refractivity contribution in [1.29, 1.82) is 0 Å². The van der Waals surface area contributed by atoms with Crippen molar-refractivity contribution in [2.75, 3.05) is 60.2 Å². The normalized spacial score (nSPS) is 42.1. The van der Waals surface area contributed by atoms with Crippen LogP contribution in [0.1, 0.15) is 118 Å². The minimum Gasteiger partial charge on any atom is -0.444 e. The fourth-order valence-corrected chi connectivity index (χ4v) is 12.5. The molecule has 10 bridgehead atoms. The van der Waals surface area contributed by atoms with Gasteiger partial charge in [-0.1, -0.05) is 20.1 Å². The Kier molecular flexibility index (Phi) is 18.3. The lowest BCUT2D eigenvalue weighted by atomic mass is 9.81. The van der Waals surface area contributed by atoms with Crippen LogP contribution in [0.5, 0.6) is 0 Å². The van der Waals surface area contributed by atoms with E-state index in [0.717, 1.165) is 56.1 Å². The number of nitrogens with one attached hydrogen (secondary N) is 1. The number of hydrogen-bond donors (Lipinski definition) is 4. The summed E-state index contributed by atoms with van der Waals surface area (Å²) in [5, 5.41) is 37.4. The highest BCUT2D eigenvalue weighted by atomic mass is 16.7. The Balaban J connectivity index is 0.897. The molecule has 0 aliphatic carbocycles. The zero-order valence-corrected chi connectivity index (χ0v) is 42.3. The van der Waals surface area contributed by atoms with Gasteiger partial charge in [-0.05, 0) is 103 Å². The van der Waals surface area contributed by atoms with Crippen molar-refractivity contribution in [3.8, 4) is 0 Å². The highest BCUT2D eigenvalue weighted by molar-refractivity contribution is 5.67. The second-order valence-electron chi connectivity index (χ2n) is 22.6. The monoisotopic (exact) mass is 979 g/mol. The van der Waals surface area contributed by atoms with Gasteiger partial charge in [0.05, 0.1) is 112 Å². The van der Waals surface area contributed by atoms with E-state index in [2.05, 4.69) is 25.4 Å². The van der Waals surface area contributed by atoms with E-state index in [1.54, 1.807) is 7.11 Å². The van der Waals surface area contributed by atoms with Crippen molar-refractivity contribution >= 4 is 6.09 Å². The quantitative estimate of drug-likeness (QED) is 0.138. The van der Waals surface area contributed by atoms with Crippen LogP contribution < -0.4 is 5.32 Å². The predicted octanol–water partition coefficient (Wildman–Crippen LogP) is 4.74. The second-order valence-corrected chi connectivity index (χ2v) is 22.6. The zero-order chi connectivity index (χ0) is 49.0. The first-order chi connectivity index (χ1) is 32.9. The van der Waals surface area contributed by atoms with E-state index in [-0.39, 0.29) is 79.0 Å². The molecule has 17 nitrogen and oxygen atoms in total. The first kappa shape index (κ1) is 53.5. The molecule has 17 heteroatoms. The van der Waals surface area contributed by atoms with Gasteiger partial charge in [-0.25, -0.2) is 4.79 Å². The third-order valence-corrected chi connectivity index (χ3v) is 15.9. The van der Waals surface area contributed by atoms with Gasteiger partial charge in [0.1, 0.15) is 17.8 Å². The van der Waals surface area contributed by atoms with Crippen molar-refractivity contribution in [3.05, 3.63) is 24.3 Å². The number of alkyl carbamates (subject to hydrolysis) is 1. The SMILES string of the molecule is C=C1C[C@@H]2CC[C@]34C[C@@H](O)[C@H](O3)[C@H]3C[C@@H](O4)[C@H]4O[C@H](CC[C@@H]4O3)CC(O)C[C@@H]3[C@@H](OC)[C@@H](C[C@H](O)CN(C)CCOCCOCCNC(=O)OC(C)(C)C)O[C@H]3C[C@H]3O[C@@H](CC[C@@H]1O2)C[C@@H](C)C3=C. The molecular formula is C52H86N2O15. The van der Waals surface area contributed by atoms with Crippen molar-refractivity contribution in [1.82, 2.24) is 10.2 Å². The van der Waals surface area contributed by atoms with E-state index in [0.29, 0.717) is 91.0 Å². The van der Waals surface area contributed by atoms with E-state index in [4.69, 9.17) is 52.1 Å². The number of amides is 1. The lowest BCUT2D eigenvalue weighted by Crippen LogP contribution is -2.58. The molecule has 0 aromatic heterocycles. The Morgan fingerprint density at radius 1 is 0.826 bits per heavy atom. The van der Waals surface area contributed by atoms with Crippen LogP contribution in [0.25, 0.3) is 0 Å². The van der Waals surface area contributed by atoms with Crippen LogP contribution in [-0.4, -0.2) is 196 Å². The van der Waals surface area contributed by atoms with Crippen molar-refractivity contribution < 1.29 is 72.2 Å². The van der Waals surface area contributed by atoms with Gasteiger partial charge in [0.2, 0.25) is 0 Å². The molecule has 0 aromatic rings. The van der Waals surface area contributed by atoms with E-state index in [1.165, 1.54) is 0 Å². The summed E-state index contributed by atoms with van der Waals surface area (Å²) in [5.41, 5.74) is 1.61. The van der Waals surface area contributed by atoms with Crippen molar-refractivity contribution in [3.63, 3.8) is 0 Å². The van der Waals surface area contributed by atoms with E-state index in [9.17, 15) is 20.1 Å². The van der Waals surface area contributed by atoms with Crippen LogP contribution in [0.2, 0.25) is 0 Å². The molecule has 8 aliphatic rings. The fraction of sp³-hybridized carbons (Fsp3) is 0.904. The van der Waals surface area contributed by atoms with Gasteiger partial charge in [-0.15, -0.1) is 0 Å². The first-order valence-electron chi connectivity index (χ1n) is 26.3. The average Bonchev–Trinajstić information content (AvgIpc) is 3.89. The lowest BCUT2D eigenvalue weighted by molar-refractivity contribution is -0.278. The number of carbonyl (C=O) groups excluding carboxylic acids is 1. The fourth-order valence-electron chi connectivity index (χ4n) is 12.5. The second kappa shape index (κ2) is 23.6. The Labute approximate surface area is 410 Å². The zero-order valence-electron chi connectivity index (χ0n) is 42.3. The number of hydrogen-bond acceptors (Lipinski definition) is 16. The van der Waals surface area contributed by atoms with Gasteiger partial charge in [0.25, 0.3) is 0 Å². The minimum atomic E-state index is -0.955. The third kappa shape index (κ3) is 13.9. The van der Waals surface area contributed by atoms with Gasteiger partial charge in [-0.2, -0.15) is 0 Å². The molecule has 394 valence electrons. The summed E-state index contributed by atoms with van der Waals surface area (Å²) in [6, 6.07) is 0. The predicted molar refractivity (Wildman–Crippen MR) is 254 cm³/mol. The summed E-state index contributed by atoms with van der Waals surface area (Å²) >= 11 is 0. The number of ether oxygens (including phenoxy) is 11. The Morgan fingerprint density at radius 2 is 1.58 bits per heavy atom. The molecule has 69 heavy (non-hydrogen) atoms. The first-order valence-corrected chi connectivity index (χ1v) is 26.3. The topological polar surface area (TPSA) is 195 Å². The van der Waals surface area contributed by atoms with Crippen LogP contribution in [0.15, 0.2) is 24.3 Å². The molecule has 1 unspecified atom stereocenters. The van der Waals surface area contributed by atoms with Crippen LogP contribution in [-0.2, 0) is 52.1 Å². The Bertz CT molecular complexity index is 1700. The van der Waals surface area contributed by atoms with E-state index >= 15 is 0 Å². The molecule has 8 saturated heterocycles. The molecule has 8 aliphatic heterocycles. The maximum absolute atomic E-state index is 12.0. The van der Waals surface area contributed by atoms with Crippen LogP contribution in [0.4, 0.5) is 4.79 Å². The number of aliphatic hydroxyl groups is 3. The molecule has 19 atom stereocenters. The van der Waals surface area contributed by atoms with E-state index < -0.39 is 48.0 Å². The van der Waals surface area contributed by atoms with E-state index in [1.807, 2.05) is 32.7 Å². The van der Waals surface area contributed by atoms with Crippen LogP contribution in [0, 0.1) is 11.8 Å². The molecule has 0 saturated carbocycles. The molecular weight excluding hydrogens is 893 g/mol. The van der Waals surface area contributed by atoms with Gasteiger partial charge < -0.3 is 77.6 Å². The van der Waals surface area contributed by atoms with Crippen LogP contribution in [0.3, 0.4) is 0 Å². The number of likely N-dealkylation sites (N-methyl/N-ethyl adjacent to an activating group) is 1. The lowest BCUT2D eigenvalue weighted by Gasteiger charge is -2.47. The highest BCUT2D eigenvalue weighted by Gasteiger charge is 2.59. The summed E-state index contributed by atoms with van der Waals surface area (Å²) in [6.07, 6.45) is 3.17. The molecule has 4 N–H and O–H groups in total. The molecule has 0 aromatic carbocycles. The molecule has 1 amide bonds. The summed E-state index contributed by atoms with van der Waals surface area (Å²) in [4.78, 5) is 13.8. The van der Waals surface area contributed by atoms with Gasteiger partial charge in [0, 0.05) is 64.8 Å². The molecule has 8 fully saturated rings. The third-order valence-electron chi connectivity index (χ3n) is 15.9. The number of fused-ring (bicyclic) bond motifs is 9. The molecule has 8 heterocycles. The van der Waals surface area contributed by atoms with Crippen molar-refractivity contribution in [2.45, 2.75) is 227 Å². The summed E-state index contributed by atoms with van der Waals surface area (Å²) < 4.78 is 70.5. The largest absolute Gasteiger partial charge is 0.444 e. The maximum Gasteiger partial charge on any atom is 0.407 e. The summed E-state index contributed by atoms with van der Waals surface area (Å²) in [6.45, 7) is 19.6. The highest BCUT2D eigenvalue weighted by Crippen LogP contribution is 2.49. The standard InChI is InChI=1S/C52H86N2O15/c1-30-21-35-9-11-40-31(2)22-37(62-40)13-14-52-28-39(57)48(68-52)45-27-46(67-52)49-41(65-45)12-10-36(64-49)23-33(55)24-38-43(26-42(63-35)32(30)3)66-44(47(38)59-8)25-34(56)29-54(7)16-18-61-20-19-60-17-15-53-50(58)69-51(4,5)6/h30,33-49,55-57H,2-3,9-29H2,1,4-8H3,(H,53,58)/t30-,33?,34+,35+,36-,37+,38+,39-,40+,41+,42-,43+,44-,45-,46-,47-,48+,49+,52-/m1/s1. The minimum absolute atomic E-state index is 0.00985. The number of methoxy groups -OCH3 is 1. The Morgan fingerprint density at radius 3 is 2.36 bits per heavy atom. The van der Waals surface area contributed by atoms with Gasteiger partial charge >= 0.3 is 6.09 Å². The number of carbonyl (C=O) groups is 1. The molecule has 1 spiro atoms. The summed E-state index contributed by atoms with van der Waals surface area (Å²) in [7, 11) is 3.65. The molecule has 0 radical (unpaired) electrons. The van der Waals surface area contributed by atoms with Crippen LogP contribution >= 0.6 is 0 Å². The molecule has 8 rings (SSSR count). The number of aliphatic hydroxyl groups excluding tert-OH is 3. The number of nitrogens with zero attached hydrogens (tertiary/aromatic N) is 1. The maximum atomic E-state index is 12.0.